The number of fused-ring (bicyclic) bond motifs is 1. The lowest BCUT2D eigenvalue weighted by molar-refractivity contribution is -0.117. The fourth-order valence-electron chi connectivity index (χ4n) is 3.96. The van der Waals surface area contributed by atoms with E-state index in [2.05, 4.69) is 15.0 Å². The Kier molecular flexibility index (Phi) is 4.03. The van der Waals surface area contributed by atoms with E-state index >= 15 is 0 Å². The van der Waals surface area contributed by atoms with Gasteiger partial charge < -0.3 is 9.80 Å². The normalized spacial score (nSPS) is 16.5. The van der Waals surface area contributed by atoms with Crippen LogP contribution in [0.15, 0.2) is 36.8 Å². The molecule has 3 aromatic rings. The van der Waals surface area contributed by atoms with Crippen LogP contribution >= 0.6 is 0 Å². The summed E-state index contributed by atoms with van der Waals surface area (Å²) < 4.78 is 1.71. The van der Waals surface area contributed by atoms with E-state index < -0.39 is 0 Å². The van der Waals surface area contributed by atoms with Gasteiger partial charge in [0, 0.05) is 43.8 Å². The SMILES string of the molecule is Cn1cc(N2CCN(c3nc(-c4ccccn4)nc4c3CCC4)CC2=O)cn1. The number of carbonyl (C=O) groups excluding carboxylic acids is 1. The van der Waals surface area contributed by atoms with Crippen LogP contribution in [0.5, 0.6) is 0 Å². The molecule has 1 aliphatic heterocycles. The maximum Gasteiger partial charge on any atom is 0.246 e. The molecular formula is C20H21N7O. The standard InChI is InChI=1S/C20H21N7O/c1-25-12-14(11-22-25)27-10-9-26(13-18(27)28)20-15-5-4-7-16(15)23-19(24-20)17-6-2-3-8-21-17/h2-3,6,8,11-12H,4-5,7,9-10,13H2,1H3. The summed E-state index contributed by atoms with van der Waals surface area (Å²) in [5, 5.41) is 4.18. The molecule has 142 valence electrons. The molecule has 0 radical (unpaired) electrons. The summed E-state index contributed by atoms with van der Waals surface area (Å²) in [7, 11) is 1.85. The summed E-state index contributed by atoms with van der Waals surface area (Å²) in [5.74, 6) is 1.59. The van der Waals surface area contributed by atoms with E-state index in [4.69, 9.17) is 9.97 Å². The highest BCUT2D eigenvalue weighted by molar-refractivity contribution is 5.97. The number of piperazine rings is 1. The highest BCUT2D eigenvalue weighted by atomic mass is 16.2. The molecule has 8 nitrogen and oxygen atoms in total. The molecule has 2 aliphatic rings. The van der Waals surface area contributed by atoms with Crippen LogP contribution in [-0.4, -0.2) is 50.3 Å². The fourth-order valence-corrected chi connectivity index (χ4v) is 3.96. The number of anilines is 2. The van der Waals surface area contributed by atoms with Gasteiger partial charge in [-0.05, 0) is 31.4 Å². The van der Waals surface area contributed by atoms with Gasteiger partial charge >= 0.3 is 0 Å². The summed E-state index contributed by atoms with van der Waals surface area (Å²) in [4.78, 5) is 30.7. The molecule has 1 amide bonds. The van der Waals surface area contributed by atoms with E-state index in [1.807, 2.05) is 31.4 Å². The minimum atomic E-state index is 0.0593. The maximum atomic E-state index is 12.8. The number of hydrogen-bond acceptors (Lipinski definition) is 6. The van der Waals surface area contributed by atoms with Gasteiger partial charge in [-0.2, -0.15) is 5.10 Å². The molecule has 8 heteroatoms. The van der Waals surface area contributed by atoms with E-state index in [1.54, 1.807) is 22.0 Å². The molecule has 1 saturated heterocycles. The minimum Gasteiger partial charge on any atom is -0.345 e. The predicted molar refractivity (Wildman–Crippen MR) is 105 cm³/mol. The van der Waals surface area contributed by atoms with Crippen molar-refractivity contribution in [3.05, 3.63) is 48.0 Å². The molecule has 0 N–H and O–H groups in total. The van der Waals surface area contributed by atoms with Crippen LogP contribution in [0.4, 0.5) is 11.5 Å². The first kappa shape index (κ1) is 16.9. The molecule has 0 bridgehead atoms. The second-order valence-electron chi connectivity index (χ2n) is 7.20. The van der Waals surface area contributed by atoms with Gasteiger partial charge in [0.1, 0.15) is 11.5 Å². The molecule has 0 atom stereocenters. The van der Waals surface area contributed by atoms with Gasteiger partial charge in [-0.1, -0.05) is 6.07 Å². The fraction of sp³-hybridized carbons (Fsp3) is 0.350. The summed E-state index contributed by atoms with van der Waals surface area (Å²) >= 11 is 0. The Hall–Kier alpha value is -3.29. The third-order valence-corrected chi connectivity index (χ3v) is 5.33. The summed E-state index contributed by atoms with van der Waals surface area (Å²) in [5.41, 5.74) is 3.88. The summed E-state index contributed by atoms with van der Waals surface area (Å²) in [6.07, 6.45) is 8.34. The second kappa shape index (κ2) is 6.70. The smallest absolute Gasteiger partial charge is 0.246 e. The van der Waals surface area contributed by atoms with Crippen LogP contribution in [0, 0.1) is 0 Å². The van der Waals surface area contributed by atoms with Crippen molar-refractivity contribution in [3.8, 4) is 11.5 Å². The molecule has 0 unspecified atom stereocenters. The Morgan fingerprint density at radius 1 is 1.11 bits per heavy atom. The Labute approximate surface area is 162 Å². The molecular weight excluding hydrogens is 354 g/mol. The first-order chi connectivity index (χ1) is 13.7. The predicted octanol–water partition coefficient (Wildman–Crippen LogP) is 1.61. The molecule has 1 fully saturated rings. The van der Waals surface area contributed by atoms with Gasteiger partial charge in [-0.3, -0.25) is 14.5 Å². The van der Waals surface area contributed by atoms with Gasteiger partial charge in [-0.25, -0.2) is 9.97 Å². The number of nitrogens with zero attached hydrogens (tertiary/aromatic N) is 7. The summed E-state index contributed by atoms with van der Waals surface area (Å²) in [6, 6.07) is 5.74. The number of carbonyl (C=O) groups is 1. The molecule has 1 aliphatic carbocycles. The lowest BCUT2D eigenvalue weighted by Crippen LogP contribution is -2.51. The van der Waals surface area contributed by atoms with E-state index in [9.17, 15) is 4.79 Å². The zero-order valence-electron chi connectivity index (χ0n) is 15.7. The topological polar surface area (TPSA) is 80.0 Å². The molecule has 4 heterocycles. The van der Waals surface area contributed by atoms with Gasteiger partial charge in [0.05, 0.1) is 18.4 Å². The quantitative estimate of drug-likeness (QED) is 0.692. The van der Waals surface area contributed by atoms with Gasteiger partial charge in [0.2, 0.25) is 5.91 Å². The molecule has 0 spiro atoms. The third kappa shape index (κ3) is 2.90. The lowest BCUT2D eigenvalue weighted by Gasteiger charge is -2.35. The van der Waals surface area contributed by atoms with Crippen LogP contribution in [0.25, 0.3) is 11.5 Å². The van der Waals surface area contributed by atoms with Gasteiger partial charge in [-0.15, -0.1) is 0 Å². The highest BCUT2D eigenvalue weighted by Crippen LogP contribution is 2.32. The van der Waals surface area contributed by atoms with Crippen molar-refractivity contribution in [3.63, 3.8) is 0 Å². The van der Waals surface area contributed by atoms with Gasteiger partial charge in [0.15, 0.2) is 5.82 Å². The largest absolute Gasteiger partial charge is 0.345 e. The number of amides is 1. The molecule has 3 aromatic heterocycles. The maximum absolute atomic E-state index is 12.8. The van der Waals surface area contributed by atoms with Crippen molar-refractivity contribution >= 4 is 17.4 Å². The van der Waals surface area contributed by atoms with Crippen molar-refractivity contribution < 1.29 is 4.79 Å². The van der Waals surface area contributed by atoms with E-state index in [0.717, 1.165) is 48.7 Å². The molecule has 0 aromatic carbocycles. The lowest BCUT2D eigenvalue weighted by atomic mass is 10.2. The van der Waals surface area contributed by atoms with Crippen LogP contribution in [0.1, 0.15) is 17.7 Å². The van der Waals surface area contributed by atoms with E-state index in [-0.39, 0.29) is 5.91 Å². The Morgan fingerprint density at radius 3 is 2.79 bits per heavy atom. The highest BCUT2D eigenvalue weighted by Gasteiger charge is 2.30. The zero-order chi connectivity index (χ0) is 19.1. The zero-order valence-corrected chi connectivity index (χ0v) is 15.7. The average molecular weight is 375 g/mol. The van der Waals surface area contributed by atoms with Crippen molar-refractivity contribution in [1.82, 2.24) is 24.7 Å². The number of rotatable bonds is 3. The Morgan fingerprint density at radius 2 is 2.04 bits per heavy atom. The van der Waals surface area contributed by atoms with Crippen LogP contribution in [0.3, 0.4) is 0 Å². The number of aryl methyl sites for hydroxylation is 2. The second-order valence-corrected chi connectivity index (χ2v) is 7.20. The molecule has 5 rings (SSSR count). The average Bonchev–Trinajstić information content (AvgIpc) is 3.36. The number of pyridine rings is 1. The first-order valence-electron chi connectivity index (χ1n) is 9.54. The Balaban J connectivity index is 1.47. The Bertz CT molecular complexity index is 1030. The van der Waals surface area contributed by atoms with Crippen LogP contribution in [-0.2, 0) is 24.7 Å². The summed E-state index contributed by atoms with van der Waals surface area (Å²) in [6.45, 7) is 1.65. The van der Waals surface area contributed by atoms with Crippen molar-refractivity contribution in [2.45, 2.75) is 19.3 Å². The van der Waals surface area contributed by atoms with E-state index in [0.29, 0.717) is 18.9 Å². The third-order valence-electron chi connectivity index (χ3n) is 5.33. The van der Waals surface area contributed by atoms with E-state index in [1.165, 1.54) is 5.56 Å². The minimum absolute atomic E-state index is 0.0593. The van der Waals surface area contributed by atoms with Gasteiger partial charge in [0.25, 0.3) is 0 Å². The molecule has 28 heavy (non-hydrogen) atoms. The first-order valence-corrected chi connectivity index (χ1v) is 9.54. The van der Waals surface area contributed by atoms with Crippen molar-refractivity contribution in [2.24, 2.45) is 7.05 Å². The molecule has 0 saturated carbocycles. The number of aromatic nitrogens is 5. The van der Waals surface area contributed by atoms with Crippen LogP contribution in [0.2, 0.25) is 0 Å². The van der Waals surface area contributed by atoms with Crippen LogP contribution < -0.4 is 9.80 Å². The number of hydrogen-bond donors (Lipinski definition) is 0. The van der Waals surface area contributed by atoms with Crippen molar-refractivity contribution in [2.75, 3.05) is 29.4 Å². The monoisotopic (exact) mass is 375 g/mol. The van der Waals surface area contributed by atoms with Crippen molar-refractivity contribution in [1.29, 1.82) is 0 Å².